The highest BCUT2D eigenvalue weighted by atomic mass is 127. The zero-order valence-electron chi connectivity index (χ0n) is 8.94. The molecule has 0 atom stereocenters. The van der Waals surface area contributed by atoms with Crippen LogP contribution in [0.1, 0.15) is 10.4 Å². The Morgan fingerprint density at radius 2 is 2.00 bits per heavy atom. The Bertz CT molecular complexity index is 386. The predicted octanol–water partition coefficient (Wildman–Crippen LogP) is 3.53. The van der Waals surface area contributed by atoms with Crippen LogP contribution in [0, 0.1) is 0 Å². The van der Waals surface area contributed by atoms with Crippen molar-refractivity contribution < 1.29 is 23.9 Å². The van der Waals surface area contributed by atoms with E-state index in [0.717, 1.165) is 9.21 Å². The lowest BCUT2D eigenvalue weighted by Crippen LogP contribution is -2.01. The molecule has 0 aliphatic carbocycles. The van der Waals surface area contributed by atoms with Gasteiger partial charge in [0.2, 0.25) is 0 Å². The summed E-state index contributed by atoms with van der Waals surface area (Å²) >= 11 is 4.05. The zero-order chi connectivity index (χ0) is 13.4. The normalized spacial score (nSPS) is 8.94. The van der Waals surface area contributed by atoms with E-state index < -0.39 is 5.97 Å². The van der Waals surface area contributed by atoms with Gasteiger partial charge in [0.25, 0.3) is 0 Å². The van der Waals surface area contributed by atoms with Crippen molar-refractivity contribution in [1.82, 2.24) is 0 Å². The van der Waals surface area contributed by atoms with E-state index in [1.807, 2.05) is 26.1 Å². The molecule has 96 valence electrons. The van der Waals surface area contributed by atoms with Gasteiger partial charge in [-0.15, -0.1) is 0 Å². The van der Waals surface area contributed by atoms with E-state index in [2.05, 4.69) is 22.6 Å². The Balaban J connectivity index is 0.00000121. The summed E-state index contributed by atoms with van der Waals surface area (Å²) < 4.78 is 9.88. The molecule has 0 aliphatic heterocycles. The van der Waals surface area contributed by atoms with Gasteiger partial charge in [-0.25, -0.2) is 4.79 Å². The van der Waals surface area contributed by atoms with Crippen molar-refractivity contribution in [2.75, 3.05) is 12.0 Å². The molecule has 1 aromatic carbocycles. The third kappa shape index (κ3) is 4.95. The smallest absolute Gasteiger partial charge is 0.343 e. The maximum Gasteiger partial charge on any atom is 0.343 e. The maximum atomic E-state index is 10.8. The molecule has 0 bridgehead atoms. The van der Waals surface area contributed by atoms with E-state index in [1.54, 1.807) is 0 Å². The Labute approximate surface area is 129 Å². The molecule has 5 nitrogen and oxygen atoms in total. The van der Waals surface area contributed by atoms with Gasteiger partial charge in [0.05, 0.1) is 7.11 Å². The number of hydrogen-bond acceptors (Lipinski definition) is 5. The van der Waals surface area contributed by atoms with Crippen molar-refractivity contribution in [3.63, 3.8) is 0 Å². The van der Waals surface area contributed by atoms with Crippen LogP contribution in [0.2, 0.25) is 0 Å². The summed E-state index contributed by atoms with van der Waals surface area (Å²) in [5.41, 5.74) is -0.275. The lowest BCUT2D eigenvalue weighted by molar-refractivity contribution is 0.0690. The molecule has 0 radical (unpaired) electrons. The Morgan fingerprint density at radius 3 is 2.41 bits per heavy atom. The van der Waals surface area contributed by atoms with Crippen LogP contribution in [0.15, 0.2) is 12.1 Å². The van der Waals surface area contributed by atoms with Crippen molar-refractivity contribution in [2.45, 2.75) is 0 Å². The number of halogens is 2. The number of hydrogen-bond donors (Lipinski definition) is 2. The Kier molecular flexibility index (Phi) is 8.86. The highest BCUT2D eigenvalue weighted by Gasteiger charge is 2.18. The molecule has 0 saturated carbocycles. The summed E-state index contributed by atoms with van der Waals surface area (Å²) in [5, 5.41) is 18.3. The average Bonchev–Trinajstić information content (AvgIpc) is 2.30. The molecule has 0 fully saturated rings. The first-order valence-electron chi connectivity index (χ1n) is 4.07. The van der Waals surface area contributed by atoms with Crippen molar-refractivity contribution in [3.8, 4) is 17.2 Å². The fourth-order valence-electron chi connectivity index (χ4n) is 1.04. The van der Waals surface area contributed by atoms with Crippen LogP contribution < -0.4 is 8.92 Å². The molecule has 0 aromatic heterocycles. The molecule has 0 spiro atoms. The number of benzene rings is 1. The van der Waals surface area contributed by atoms with Gasteiger partial charge in [-0.2, -0.15) is 0 Å². The van der Waals surface area contributed by atoms with Crippen molar-refractivity contribution in [2.24, 2.45) is 0 Å². The van der Waals surface area contributed by atoms with Crippen molar-refractivity contribution in [1.29, 1.82) is 0 Å². The maximum absolute atomic E-state index is 10.8. The SMILES string of the molecule is CI.COc1cc(OSI)cc(O)c1C(=O)O. The molecule has 1 rings (SSSR count). The third-order valence-corrected chi connectivity index (χ3v) is 2.41. The first-order valence-corrected chi connectivity index (χ1v) is 9.51. The first-order chi connectivity index (χ1) is 8.10. The van der Waals surface area contributed by atoms with Gasteiger partial charge in [-0.3, -0.25) is 0 Å². The summed E-state index contributed by atoms with van der Waals surface area (Å²) in [6.07, 6.45) is 0. The largest absolute Gasteiger partial charge is 0.507 e. The second-order valence-electron chi connectivity index (χ2n) is 2.47. The van der Waals surface area contributed by atoms with Gasteiger partial charge in [0.15, 0.2) is 0 Å². The monoisotopic (exact) mass is 484 g/mol. The number of carbonyl (C=O) groups is 1. The molecule has 17 heavy (non-hydrogen) atoms. The van der Waals surface area contributed by atoms with E-state index in [1.165, 1.54) is 19.2 Å². The minimum atomic E-state index is -1.25. The fraction of sp³-hybridized carbons (Fsp3) is 0.222. The third-order valence-electron chi connectivity index (χ3n) is 1.62. The van der Waals surface area contributed by atoms with Crippen molar-refractivity contribution >= 4 is 59.0 Å². The number of rotatable bonds is 4. The van der Waals surface area contributed by atoms with Gasteiger partial charge in [-0.1, -0.05) is 22.6 Å². The van der Waals surface area contributed by atoms with Gasteiger partial charge in [0, 0.05) is 33.3 Å². The van der Waals surface area contributed by atoms with Crippen LogP contribution >= 0.6 is 53.0 Å². The number of aromatic hydroxyl groups is 1. The molecular weight excluding hydrogens is 474 g/mol. The molecule has 8 heteroatoms. The van der Waals surface area contributed by atoms with Crippen LogP contribution in [0.3, 0.4) is 0 Å². The summed E-state index contributed by atoms with van der Waals surface area (Å²) in [7, 11) is 2.37. The molecule has 1 aromatic rings. The van der Waals surface area contributed by atoms with Gasteiger partial charge < -0.3 is 19.1 Å². The molecule has 0 unspecified atom stereocenters. The minimum Gasteiger partial charge on any atom is -0.507 e. The molecule has 0 aliphatic rings. The van der Waals surface area contributed by atoms with Crippen LogP contribution in [0.4, 0.5) is 0 Å². The standard InChI is InChI=1S/C8H7IO5S.CH3I/c1-13-6-3-4(14-15-9)2-5(10)7(6)8(11)12;1-2/h2-3,10H,1H3,(H,11,12);1H3. The van der Waals surface area contributed by atoms with Crippen molar-refractivity contribution in [3.05, 3.63) is 17.7 Å². The topological polar surface area (TPSA) is 76.0 Å². The van der Waals surface area contributed by atoms with Gasteiger partial charge in [-0.05, 0) is 4.93 Å². The van der Waals surface area contributed by atoms with E-state index >= 15 is 0 Å². The highest BCUT2D eigenvalue weighted by molar-refractivity contribution is 14.2. The van der Waals surface area contributed by atoms with Crippen LogP contribution in [0.5, 0.6) is 17.2 Å². The summed E-state index contributed by atoms with van der Waals surface area (Å²) in [4.78, 5) is 12.8. The average molecular weight is 484 g/mol. The number of carboxylic acids is 1. The van der Waals surface area contributed by atoms with E-state index in [0.29, 0.717) is 5.75 Å². The van der Waals surface area contributed by atoms with E-state index in [4.69, 9.17) is 14.0 Å². The van der Waals surface area contributed by atoms with Gasteiger partial charge in [0.1, 0.15) is 32.0 Å². The van der Waals surface area contributed by atoms with Crippen LogP contribution in [-0.4, -0.2) is 28.2 Å². The summed E-state index contributed by atoms with van der Waals surface area (Å²) in [5.74, 6) is -1.25. The first kappa shape index (κ1) is 16.9. The number of carboxylic acid groups (broad SMARTS) is 1. The van der Waals surface area contributed by atoms with Gasteiger partial charge >= 0.3 is 5.97 Å². The summed E-state index contributed by atoms with van der Waals surface area (Å²) in [6.45, 7) is 0. The Hall–Kier alpha value is -0.100. The molecule has 2 N–H and O–H groups in total. The molecular formula is C9H10I2O5S. The highest BCUT2D eigenvalue weighted by Crippen LogP contribution is 2.35. The Morgan fingerprint density at radius 1 is 1.41 bits per heavy atom. The number of phenols is 1. The predicted molar refractivity (Wildman–Crippen MR) is 83.8 cm³/mol. The quantitative estimate of drug-likeness (QED) is 0.387. The van der Waals surface area contributed by atoms with E-state index in [-0.39, 0.29) is 17.1 Å². The minimum absolute atomic E-state index is 0.0583. The second kappa shape index (κ2) is 8.91. The number of aromatic carboxylic acids is 1. The number of alkyl halides is 1. The van der Waals surface area contributed by atoms with E-state index in [9.17, 15) is 9.90 Å². The summed E-state index contributed by atoms with van der Waals surface area (Å²) in [6, 6.07) is 2.62. The zero-order valence-corrected chi connectivity index (χ0v) is 14.1. The molecule has 0 heterocycles. The molecule has 0 amide bonds. The second-order valence-corrected chi connectivity index (χ2v) is 3.84. The number of ether oxygens (including phenoxy) is 1. The number of methoxy groups -OCH3 is 1. The lowest BCUT2D eigenvalue weighted by Gasteiger charge is -2.08. The van der Waals surface area contributed by atoms with Crippen LogP contribution in [-0.2, 0) is 0 Å². The van der Waals surface area contributed by atoms with Crippen LogP contribution in [0.25, 0.3) is 0 Å². The lowest BCUT2D eigenvalue weighted by atomic mass is 10.1. The fourth-order valence-corrected chi connectivity index (χ4v) is 1.83. The molecule has 0 saturated heterocycles.